The van der Waals surface area contributed by atoms with Crippen LogP contribution in [0.2, 0.25) is 0 Å². The molecule has 7 nitrogen and oxygen atoms in total. The lowest BCUT2D eigenvalue weighted by molar-refractivity contribution is 0.0784. The van der Waals surface area contributed by atoms with E-state index < -0.39 is 22.0 Å². The summed E-state index contributed by atoms with van der Waals surface area (Å²) in [5.74, 6) is -0.309. The van der Waals surface area contributed by atoms with Crippen molar-refractivity contribution in [1.82, 2.24) is 14.5 Å². The fraction of sp³-hybridized carbons (Fsp3) is 0.529. The van der Waals surface area contributed by atoms with Crippen LogP contribution in [-0.2, 0) is 10.0 Å². The Bertz CT molecular complexity index is 819. The third-order valence-electron chi connectivity index (χ3n) is 4.73. The highest BCUT2D eigenvalue weighted by molar-refractivity contribution is 7.90. The van der Waals surface area contributed by atoms with Gasteiger partial charge in [-0.2, -0.15) is 0 Å². The Balaban J connectivity index is 1.90. The van der Waals surface area contributed by atoms with E-state index in [-0.39, 0.29) is 16.4 Å². The third-order valence-corrected chi connectivity index (χ3v) is 6.73. The second-order valence-corrected chi connectivity index (χ2v) is 8.66. The van der Waals surface area contributed by atoms with Crippen molar-refractivity contribution in [3.8, 4) is 0 Å². The first-order valence-corrected chi connectivity index (χ1v) is 9.88. The number of carbonyl (C=O) groups is 2. The largest absolute Gasteiger partial charge is 0.338 e. The predicted octanol–water partition coefficient (Wildman–Crippen LogP) is 0.921. The fourth-order valence-corrected chi connectivity index (χ4v) is 5.34. The zero-order valence-electron chi connectivity index (χ0n) is 14.7. The van der Waals surface area contributed by atoms with Crippen molar-refractivity contribution in [2.45, 2.75) is 31.2 Å². The molecule has 0 saturated carbocycles. The number of fused-ring (bicyclic) bond motifs is 1. The van der Waals surface area contributed by atoms with Crippen LogP contribution >= 0.6 is 0 Å². The number of amides is 2. The summed E-state index contributed by atoms with van der Waals surface area (Å²) in [7, 11) is -2.01. The molecule has 25 heavy (non-hydrogen) atoms. The Morgan fingerprint density at radius 3 is 2.72 bits per heavy atom. The fourth-order valence-electron chi connectivity index (χ4n) is 3.55. The van der Waals surface area contributed by atoms with Gasteiger partial charge in [0.2, 0.25) is 0 Å². The number of likely N-dealkylation sites (tertiary alicyclic amines) is 1. The molecule has 0 radical (unpaired) electrons. The Morgan fingerprint density at radius 1 is 1.36 bits per heavy atom. The lowest BCUT2D eigenvalue weighted by Crippen LogP contribution is -2.36. The average molecular weight is 365 g/mol. The van der Waals surface area contributed by atoms with E-state index in [1.165, 1.54) is 12.1 Å². The summed E-state index contributed by atoms with van der Waals surface area (Å²) >= 11 is 0. The smallest absolute Gasteiger partial charge is 0.269 e. The highest BCUT2D eigenvalue weighted by atomic mass is 32.2. The molecule has 1 aromatic carbocycles. The van der Waals surface area contributed by atoms with Gasteiger partial charge in [0.1, 0.15) is 4.90 Å². The van der Waals surface area contributed by atoms with Gasteiger partial charge in [0.25, 0.3) is 21.8 Å². The van der Waals surface area contributed by atoms with Crippen molar-refractivity contribution in [1.29, 1.82) is 0 Å². The first-order chi connectivity index (χ1) is 11.8. The summed E-state index contributed by atoms with van der Waals surface area (Å²) in [5, 5.41) is 3.11. The molecule has 2 amide bonds. The highest BCUT2D eigenvalue weighted by Crippen LogP contribution is 2.33. The van der Waals surface area contributed by atoms with Gasteiger partial charge in [0, 0.05) is 24.7 Å². The third kappa shape index (κ3) is 2.93. The number of sulfonamides is 1. The van der Waals surface area contributed by atoms with Gasteiger partial charge in [-0.3, -0.25) is 9.59 Å². The maximum atomic E-state index is 12.7. The van der Waals surface area contributed by atoms with Gasteiger partial charge in [-0.15, -0.1) is 0 Å². The predicted molar refractivity (Wildman–Crippen MR) is 92.9 cm³/mol. The molecule has 1 aromatic rings. The maximum Gasteiger partial charge on any atom is 0.269 e. The molecular weight excluding hydrogens is 342 g/mol. The Kier molecular flexibility index (Phi) is 4.59. The molecule has 2 aliphatic heterocycles. The lowest BCUT2D eigenvalue weighted by atomic mass is 10.1. The van der Waals surface area contributed by atoms with Crippen LogP contribution in [-0.4, -0.2) is 62.2 Å². The SMILES string of the molecule is CNCC1CCN(C(=O)c2ccc3c(c2)S(=O)(=O)N(C(C)C)C3=O)C1. The minimum atomic E-state index is -3.89. The standard InChI is InChI=1S/C17H23N3O4S/c1-11(2)20-17(22)14-5-4-13(8-15(14)25(20,23)24)16(21)19-7-6-12(10-19)9-18-3/h4-5,8,11-12,18H,6-7,9-10H2,1-3H3. The molecule has 0 bridgehead atoms. The highest BCUT2D eigenvalue weighted by Gasteiger charge is 2.43. The zero-order valence-corrected chi connectivity index (χ0v) is 15.5. The zero-order chi connectivity index (χ0) is 18.4. The molecule has 1 fully saturated rings. The van der Waals surface area contributed by atoms with Crippen molar-refractivity contribution < 1.29 is 18.0 Å². The Hall–Kier alpha value is -1.93. The number of nitrogens with zero attached hydrogens (tertiary/aromatic N) is 2. The van der Waals surface area contributed by atoms with E-state index in [1.807, 2.05) is 7.05 Å². The van der Waals surface area contributed by atoms with Crippen molar-refractivity contribution >= 4 is 21.8 Å². The van der Waals surface area contributed by atoms with Crippen LogP contribution in [0.5, 0.6) is 0 Å². The van der Waals surface area contributed by atoms with Crippen LogP contribution in [0.15, 0.2) is 23.1 Å². The van der Waals surface area contributed by atoms with Crippen molar-refractivity contribution in [3.05, 3.63) is 29.3 Å². The summed E-state index contributed by atoms with van der Waals surface area (Å²) in [6, 6.07) is 3.87. The van der Waals surface area contributed by atoms with Crippen LogP contribution < -0.4 is 5.32 Å². The minimum absolute atomic E-state index is 0.0666. The molecule has 2 heterocycles. The lowest BCUT2D eigenvalue weighted by Gasteiger charge is -2.19. The normalized spacial score (nSPS) is 21.9. The molecule has 0 spiro atoms. The van der Waals surface area contributed by atoms with Gasteiger partial charge in [0.05, 0.1) is 5.56 Å². The van der Waals surface area contributed by atoms with E-state index in [0.29, 0.717) is 24.6 Å². The monoisotopic (exact) mass is 365 g/mol. The molecule has 1 saturated heterocycles. The van der Waals surface area contributed by atoms with Crippen LogP contribution in [0.3, 0.4) is 0 Å². The average Bonchev–Trinajstić information content (AvgIpc) is 3.08. The summed E-state index contributed by atoms with van der Waals surface area (Å²) in [4.78, 5) is 26.7. The van der Waals surface area contributed by atoms with E-state index >= 15 is 0 Å². The topological polar surface area (TPSA) is 86.8 Å². The maximum absolute atomic E-state index is 12.7. The van der Waals surface area contributed by atoms with Gasteiger partial charge in [-0.25, -0.2) is 12.7 Å². The van der Waals surface area contributed by atoms with Crippen LogP contribution in [0.4, 0.5) is 0 Å². The number of hydrogen-bond donors (Lipinski definition) is 1. The van der Waals surface area contributed by atoms with Gasteiger partial charge < -0.3 is 10.2 Å². The Labute approximate surface area is 148 Å². The summed E-state index contributed by atoms with van der Waals surface area (Å²) in [6.45, 7) is 5.46. The summed E-state index contributed by atoms with van der Waals surface area (Å²) < 4.78 is 26.2. The van der Waals surface area contributed by atoms with E-state index in [2.05, 4.69) is 5.32 Å². The summed E-state index contributed by atoms with van der Waals surface area (Å²) in [6.07, 6.45) is 0.926. The molecule has 136 valence electrons. The molecule has 1 atom stereocenters. The molecule has 2 aliphatic rings. The van der Waals surface area contributed by atoms with E-state index in [0.717, 1.165) is 17.3 Å². The van der Waals surface area contributed by atoms with E-state index in [9.17, 15) is 18.0 Å². The quantitative estimate of drug-likeness (QED) is 0.857. The number of hydrogen-bond acceptors (Lipinski definition) is 5. The molecule has 1 unspecified atom stereocenters. The molecule has 1 N–H and O–H groups in total. The Morgan fingerprint density at radius 2 is 2.08 bits per heavy atom. The van der Waals surface area contributed by atoms with E-state index in [1.54, 1.807) is 24.8 Å². The second kappa shape index (κ2) is 6.42. The number of carbonyl (C=O) groups excluding carboxylic acids is 2. The molecule has 0 aromatic heterocycles. The molecule has 0 aliphatic carbocycles. The van der Waals surface area contributed by atoms with Crippen molar-refractivity contribution in [2.75, 3.05) is 26.7 Å². The first kappa shape index (κ1) is 17.9. The van der Waals surface area contributed by atoms with Crippen LogP contribution in [0.1, 0.15) is 41.0 Å². The molecule has 3 rings (SSSR count). The molecule has 8 heteroatoms. The number of benzene rings is 1. The second-order valence-electron chi connectivity index (χ2n) is 6.87. The van der Waals surface area contributed by atoms with Crippen molar-refractivity contribution in [2.24, 2.45) is 5.92 Å². The van der Waals surface area contributed by atoms with Gasteiger partial charge in [0.15, 0.2) is 0 Å². The number of nitrogens with one attached hydrogen (secondary N) is 1. The van der Waals surface area contributed by atoms with E-state index in [4.69, 9.17) is 0 Å². The number of rotatable bonds is 4. The van der Waals surface area contributed by atoms with Crippen LogP contribution in [0, 0.1) is 5.92 Å². The van der Waals surface area contributed by atoms with Gasteiger partial charge in [-0.1, -0.05) is 0 Å². The van der Waals surface area contributed by atoms with Crippen molar-refractivity contribution in [3.63, 3.8) is 0 Å². The molecular formula is C17H23N3O4S. The first-order valence-electron chi connectivity index (χ1n) is 8.44. The summed E-state index contributed by atoms with van der Waals surface area (Å²) in [5.41, 5.74) is 0.450. The van der Waals surface area contributed by atoms with Crippen LogP contribution in [0.25, 0.3) is 0 Å². The van der Waals surface area contributed by atoms with Gasteiger partial charge >= 0.3 is 0 Å². The minimum Gasteiger partial charge on any atom is -0.338 e. The van der Waals surface area contributed by atoms with Gasteiger partial charge in [-0.05, 0) is 58.0 Å².